The van der Waals surface area contributed by atoms with Crippen molar-refractivity contribution in [3.8, 4) is 0 Å². The molecule has 0 radical (unpaired) electrons. The fourth-order valence-electron chi connectivity index (χ4n) is 4.30. The van der Waals surface area contributed by atoms with Crippen LogP contribution >= 0.6 is 0 Å². The van der Waals surface area contributed by atoms with Crippen LogP contribution in [0.15, 0.2) is 59.6 Å². The molecule has 2 amide bonds. The number of carbonyl (C=O) groups is 2. The molecule has 35 heavy (non-hydrogen) atoms. The van der Waals surface area contributed by atoms with Crippen molar-refractivity contribution in [3.05, 3.63) is 64.8 Å². The molecule has 11 heteroatoms. The Bertz CT molecular complexity index is 1370. The maximum atomic E-state index is 13.2. The van der Waals surface area contributed by atoms with Gasteiger partial charge in [0.05, 0.1) is 9.82 Å². The molecule has 1 aliphatic rings. The third kappa shape index (κ3) is 5.68. The molecule has 1 saturated heterocycles. The zero-order valence-electron chi connectivity index (χ0n) is 19.1. The molecule has 2 heterocycles. The summed E-state index contributed by atoms with van der Waals surface area (Å²) in [6, 6.07) is 12.1. The van der Waals surface area contributed by atoms with Gasteiger partial charge >= 0.3 is 0 Å². The molecule has 1 aromatic heterocycles. The van der Waals surface area contributed by atoms with Gasteiger partial charge in [0.1, 0.15) is 12.3 Å². The molecule has 10 nitrogen and oxygen atoms in total. The number of nitrogens with one attached hydrogen (secondary N) is 1. The van der Waals surface area contributed by atoms with E-state index in [1.807, 2.05) is 4.90 Å². The highest BCUT2D eigenvalue weighted by atomic mass is 32.2. The van der Waals surface area contributed by atoms with Crippen molar-refractivity contribution in [2.45, 2.75) is 37.1 Å². The monoisotopic (exact) mass is 498 g/mol. The van der Waals surface area contributed by atoms with Crippen LogP contribution in [-0.2, 0) is 26.0 Å². The summed E-state index contributed by atoms with van der Waals surface area (Å²) in [6.45, 7) is 1.40. The van der Waals surface area contributed by atoms with Crippen LogP contribution in [0.2, 0.25) is 0 Å². The van der Waals surface area contributed by atoms with Crippen LogP contribution in [-0.4, -0.2) is 53.5 Å². The Morgan fingerprint density at radius 1 is 1.00 bits per heavy atom. The van der Waals surface area contributed by atoms with Gasteiger partial charge in [-0.05, 0) is 25.0 Å². The van der Waals surface area contributed by atoms with Crippen LogP contribution in [0, 0.1) is 10.1 Å². The van der Waals surface area contributed by atoms with Gasteiger partial charge in [0.15, 0.2) is 9.84 Å². The molecule has 1 N–H and O–H groups in total. The Morgan fingerprint density at radius 2 is 1.71 bits per heavy atom. The van der Waals surface area contributed by atoms with Gasteiger partial charge in [0.2, 0.25) is 11.8 Å². The highest BCUT2D eigenvalue weighted by molar-refractivity contribution is 7.92. The van der Waals surface area contributed by atoms with Crippen molar-refractivity contribution in [3.63, 3.8) is 0 Å². The number of nitro benzene ring substituents is 1. The van der Waals surface area contributed by atoms with Crippen molar-refractivity contribution in [1.82, 2.24) is 9.47 Å². The molecule has 0 aliphatic carbocycles. The number of non-ortho nitro benzene ring substituents is 1. The molecule has 0 unspecified atom stereocenters. The van der Waals surface area contributed by atoms with E-state index in [-0.39, 0.29) is 28.7 Å². The number of fused-ring (bicyclic) bond motifs is 1. The van der Waals surface area contributed by atoms with Crippen LogP contribution in [0.1, 0.15) is 25.7 Å². The van der Waals surface area contributed by atoms with Crippen LogP contribution in [0.3, 0.4) is 0 Å². The Balaban J connectivity index is 1.55. The standard InChI is InChI=1S/C24H26N4O6S/c29-23(25-18-8-7-9-19(14-18)28(31)32)17-35(33,34)22-15-27(21-11-4-3-10-20(21)22)16-24(30)26-12-5-1-2-6-13-26/h3-4,7-11,14-15H,1-2,5-6,12-13,16-17H2,(H,25,29). The molecular formula is C24H26N4O6S. The maximum absolute atomic E-state index is 13.2. The topological polar surface area (TPSA) is 132 Å². The van der Waals surface area contributed by atoms with E-state index in [1.54, 1.807) is 28.8 Å². The summed E-state index contributed by atoms with van der Waals surface area (Å²) in [6.07, 6.45) is 5.51. The van der Waals surface area contributed by atoms with E-state index in [4.69, 9.17) is 0 Å². The summed E-state index contributed by atoms with van der Waals surface area (Å²) in [5.41, 5.74) is 0.501. The normalized spacial score (nSPS) is 14.5. The van der Waals surface area contributed by atoms with Crippen molar-refractivity contribution in [2.24, 2.45) is 0 Å². The number of benzene rings is 2. The molecule has 0 atom stereocenters. The predicted molar refractivity (Wildman–Crippen MR) is 131 cm³/mol. The van der Waals surface area contributed by atoms with Crippen LogP contribution < -0.4 is 5.32 Å². The number of aromatic nitrogens is 1. The van der Waals surface area contributed by atoms with Gasteiger partial charge in [-0.1, -0.05) is 37.1 Å². The first-order valence-corrected chi connectivity index (χ1v) is 13.0. The molecule has 0 saturated carbocycles. The number of likely N-dealkylation sites (tertiary alicyclic amines) is 1. The van der Waals surface area contributed by atoms with E-state index in [9.17, 15) is 28.1 Å². The first-order chi connectivity index (χ1) is 16.7. The van der Waals surface area contributed by atoms with Crippen LogP contribution in [0.5, 0.6) is 0 Å². The van der Waals surface area contributed by atoms with E-state index in [1.165, 1.54) is 24.4 Å². The number of sulfone groups is 1. The zero-order chi connectivity index (χ0) is 25.0. The fraction of sp³-hybridized carbons (Fsp3) is 0.333. The van der Waals surface area contributed by atoms with Gasteiger partial charge in [0, 0.05) is 48.0 Å². The molecule has 0 spiro atoms. The number of hydrogen-bond acceptors (Lipinski definition) is 6. The van der Waals surface area contributed by atoms with Crippen LogP contribution in [0.4, 0.5) is 11.4 Å². The first kappa shape index (κ1) is 24.4. The summed E-state index contributed by atoms with van der Waals surface area (Å²) in [5, 5.41) is 13.8. The summed E-state index contributed by atoms with van der Waals surface area (Å²) >= 11 is 0. The summed E-state index contributed by atoms with van der Waals surface area (Å²) in [4.78, 5) is 37.6. The second kappa shape index (κ2) is 10.3. The summed E-state index contributed by atoms with van der Waals surface area (Å²) in [7, 11) is -4.07. The lowest BCUT2D eigenvalue weighted by molar-refractivity contribution is -0.384. The average Bonchev–Trinajstić information content (AvgIpc) is 2.99. The highest BCUT2D eigenvalue weighted by Crippen LogP contribution is 2.27. The molecule has 2 aromatic carbocycles. The number of nitrogens with zero attached hydrogens (tertiary/aromatic N) is 3. The smallest absolute Gasteiger partial charge is 0.271 e. The van der Waals surface area contributed by atoms with E-state index >= 15 is 0 Å². The van der Waals surface area contributed by atoms with E-state index in [2.05, 4.69) is 5.32 Å². The van der Waals surface area contributed by atoms with Crippen molar-refractivity contribution in [2.75, 3.05) is 24.2 Å². The fourth-order valence-corrected chi connectivity index (χ4v) is 5.67. The van der Waals surface area contributed by atoms with Gasteiger partial charge in [-0.15, -0.1) is 0 Å². The highest BCUT2D eigenvalue weighted by Gasteiger charge is 2.26. The summed E-state index contributed by atoms with van der Waals surface area (Å²) in [5.74, 6) is -1.73. The van der Waals surface area contributed by atoms with E-state index < -0.39 is 26.4 Å². The minimum atomic E-state index is -4.07. The number of anilines is 1. The lowest BCUT2D eigenvalue weighted by Crippen LogP contribution is -2.34. The largest absolute Gasteiger partial charge is 0.341 e. The minimum Gasteiger partial charge on any atom is -0.341 e. The number of rotatable bonds is 7. The Morgan fingerprint density at radius 3 is 2.43 bits per heavy atom. The van der Waals surface area contributed by atoms with Gasteiger partial charge < -0.3 is 14.8 Å². The zero-order valence-corrected chi connectivity index (χ0v) is 19.9. The lowest BCUT2D eigenvalue weighted by Gasteiger charge is -2.20. The molecule has 4 rings (SSSR count). The quantitative estimate of drug-likeness (QED) is 0.392. The second-order valence-corrected chi connectivity index (χ2v) is 10.5. The lowest BCUT2D eigenvalue weighted by atomic mass is 10.2. The molecule has 184 valence electrons. The van der Waals surface area contributed by atoms with Gasteiger partial charge in [0.25, 0.3) is 5.69 Å². The van der Waals surface area contributed by atoms with Crippen molar-refractivity contribution in [1.29, 1.82) is 0 Å². The third-order valence-electron chi connectivity index (χ3n) is 6.01. The number of carbonyl (C=O) groups excluding carboxylic acids is 2. The molecule has 1 fully saturated rings. The Labute approximate surface area is 202 Å². The number of nitro groups is 1. The van der Waals surface area contributed by atoms with Gasteiger partial charge in [-0.25, -0.2) is 8.42 Å². The summed E-state index contributed by atoms with van der Waals surface area (Å²) < 4.78 is 28.0. The van der Waals surface area contributed by atoms with Gasteiger partial charge in [-0.3, -0.25) is 19.7 Å². The minimum absolute atomic E-state index is 0.00983. The van der Waals surface area contributed by atoms with Crippen LogP contribution in [0.25, 0.3) is 10.9 Å². The Hall–Kier alpha value is -3.73. The number of hydrogen-bond donors (Lipinski definition) is 1. The van der Waals surface area contributed by atoms with Crippen molar-refractivity contribution >= 4 is 43.9 Å². The van der Waals surface area contributed by atoms with Crippen molar-refractivity contribution < 1.29 is 22.9 Å². The molecular weight excluding hydrogens is 472 g/mol. The molecule has 0 bridgehead atoms. The first-order valence-electron chi connectivity index (χ1n) is 11.4. The maximum Gasteiger partial charge on any atom is 0.271 e. The Kier molecular flexibility index (Phi) is 7.15. The number of amides is 2. The van der Waals surface area contributed by atoms with E-state index in [0.29, 0.717) is 24.0 Å². The average molecular weight is 499 g/mol. The molecule has 1 aliphatic heterocycles. The second-order valence-electron chi connectivity index (χ2n) is 8.55. The number of para-hydroxylation sites is 1. The van der Waals surface area contributed by atoms with Gasteiger partial charge in [-0.2, -0.15) is 0 Å². The van der Waals surface area contributed by atoms with E-state index in [0.717, 1.165) is 31.7 Å². The predicted octanol–water partition coefficient (Wildman–Crippen LogP) is 3.36. The SMILES string of the molecule is O=C(CS(=O)(=O)c1cn(CC(=O)N2CCCCCC2)c2ccccc12)Nc1cccc([N+](=O)[O-])c1. The molecule has 3 aromatic rings. The third-order valence-corrected chi connectivity index (χ3v) is 7.65.